The predicted octanol–water partition coefficient (Wildman–Crippen LogP) is 4.25. The molecule has 0 bridgehead atoms. The predicted molar refractivity (Wildman–Crippen MR) is 105 cm³/mol. The minimum atomic E-state index is -0.388. The summed E-state index contributed by atoms with van der Waals surface area (Å²) < 4.78 is 5.15. The van der Waals surface area contributed by atoms with Crippen LogP contribution in [0.5, 0.6) is 5.75 Å². The Balaban J connectivity index is 1.80. The van der Waals surface area contributed by atoms with Crippen molar-refractivity contribution in [3.8, 4) is 5.75 Å². The van der Waals surface area contributed by atoms with Gasteiger partial charge in [0.05, 0.1) is 18.4 Å². The molecule has 0 radical (unpaired) electrons. The lowest BCUT2D eigenvalue weighted by molar-refractivity contribution is 0.102. The van der Waals surface area contributed by atoms with Crippen LogP contribution in [0, 0.1) is 0 Å². The first-order valence-electron chi connectivity index (χ1n) is 8.04. The van der Waals surface area contributed by atoms with Crippen LogP contribution in [0.1, 0.15) is 20.7 Å². The lowest BCUT2D eigenvalue weighted by Gasteiger charge is -2.12. The molecule has 136 valence electrons. The second-order valence-corrected chi connectivity index (χ2v) is 5.94. The Morgan fingerprint density at radius 3 is 2.56 bits per heavy atom. The summed E-state index contributed by atoms with van der Waals surface area (Å²) in [6, 6.07) is 16.7. The Hall–Kier alpha value is -3.38. The second-order valence-electron chi connectivity index (χ2n) is 5.55. The number of para-hydroxylation sites is 1. The van der Waals surface area contributed by atoms with E-state index in [0.29, 0.717) is 28.3 Å². The van der Waals surface area contributed by atoms with E-state index in [4.69, 9.17) is 16.3 Å². The Bertz CT molecular complexity index is 991. The van der Waals surface area contributed by atoms with Gasteiger partial charge in [0.15, 0.2) is 0 Å². The molecule has 2 amide bonds. The highest BCUT2D eigenvalue weighted by molar-refractivity contribution is 6.29. The molecule has 2 N–H and O–H groups in total. The van der Waals surface area contributed by atoms with E-state index in [1.54, 1.807) is 61.7 Å². The second kappa shape index (κ2) is 8.33. The van der Waals surface area contributed by atoms with Crippen LogP contribution >= 0.6 is 11.6 Å². The van der Waals surface area contributed by atoms with Crippen LogP contribution in [0.3, 0.4) is 0 Å². The molecule has 0 atom stereocenters. The van der Waals surface area contributed by atoms with Crippen LogP contribution in [0.4, 0.5) is 11.4 Å². The number of amides is 2. The molecule has 0 saturated carbocycles. The lowest BCUT2D eigenvalue weighted by Crippen LogP contribution is -2.18. The highest BCUT2D eigenvalue weighted by Crippen LogP contribution is 2.21. The fourth-order valence-corrected chi connectivity index (χ4v) is 2.60. The molecule has 0 aliphatic rings. The molecule has 3 rings (SSSR count). The minimum Gasteiger partial charge on any atom is -0.497 e. The Kier molecular flexibility index (Phi) is 5.68. The zero-order chi connectivity index (χ0) is 19.2. The summed E-state index contributed by atoms with van der Waals surface area (Å²) in [5, 5.41) is 5.74. The number of halogens is 1. The van der Waals surface area contributed by atoms with Crippen molar-refractivity contribution in [2.75, 3.05) is 17.7 Å². The number of pyridine rings is 1. The molecule has 0 aliphatic heterocycles. The van der Waals surface area contributed by atoms with E-state index in [-0.39, 0.29) is 17.0 Å². The first-order chi connectivity index (χ1) is 13.1. The summed E-state index contributed by atoms with van der Waals surface area (Å²) in [5.74, 6) is -0.114. The first-order valence-corrected chi connectivity index (χ1v) is 8.42. The molecule has 0 fully saturated rings. The maximum Gasteiger partial charge on any atom is 0.257 e. The summed E-state index contributed by atoms with van der Waals surface area (Å²) >= 11 is 5.82. The summed E-state index contributed by atoms with van der Waals surface area (Å²) in [4.78, 5) is 29.0. The third-order valence-electron chi connectivity index (χ3n) is 3.74. The first kappa shape index (κ1) is 18.4. The number of methoxy groups -OCH3 is 1. The van der Waals surface area contributed by atoms with Gasteiger partial charge in [-0.2, -0.15) is 0 Å². The highest BCUT2D eigenvalue weighted by atomic mass is 35.5. The van der Waals surface area contributed by atoms with Gasteiger partial charge in [-0.25, -0.2) is 4.98 Å². The number of hydrogen-bond acceptors (Lipinski definition) is 4. The summed E-state index contributed by atoms with van der Waals surface area (Å²) in [6.07, 6.45) is 1.44. The fraction of sp³-hybridized carbons (Fsp3) is 0.0500. The van der Waals surface area contributed by atoms with Crippen LogP contribution in [0.2, 0.25) is 5.15 Å². The molecule has 0 unspecified atom stereocenters. The van der Waals surface area contributed by atoms with E-state index in [1.807, 2.05) is 0 Å². The quantitative estimate of drug-likeness (QED) is 0.647. The van der Waals surface area contributed by atoms with E-state index in [9.17, 15) is 9.59 Å². The van der Waals surface area contributed by atoms with Gasteiger partial charge < -0.3 is 15.4 Å². The van der Waals surface area contributed by atoms with E-state index in [2.05, 4.69) is 15.6 Å². The van der Waals surface area contributed by atoms with E-state index < -0.39 is 0 Å². The van der Waals surface area contributed by atoms with Crippen molar-refractivity contribution in [2.24, 2.45) is 0 Å². The van der Waals surface area contributed by atoms with Gasteiger partial charge in [0, 0.05) is 23.5 Å². The normalized spacial score (nSPS) is 10.1. The van der Waals surface area contributed by atoms with Crippen LogP contribution in [0.25, 0.3) is 0 Å². The van der Waals surface area contributed by atoms with Crippen molar-refractivity contribution in [2.45, 2.75) is 0 Å². The van der Waals surface area contributed by atoms with Gasteiger partial charge in [0.2, 0.25) is 0 Å². The molecule has 2 aromatic carbocycles. The Labute approximate surface area is 161 Å². The minimum absolute atomic E-state index is 0.215. The number of ether oxygens (including phenoxy) is 1. The summed E-state index contributed by atoms with van der Waals surface area (Å²) in [7, 11) is 1.55. The molecule has 1 heterocycles. The van der Waals surface area contributed by atoms with Gasteiger partial charge in [-0.3, -0.25) is 9.59 Å². The van der Waals surface area contributed by atoms with Crippen LogP contribution in [-0.2, 0) is 0 Å². The lowest BCUT2D eigenvalue weighted by atomic mass is 10.1. The molecular weight excluding hydrogens is 366 g/mol. The van der Waals surface area contributed by atoms with Crippen molar-refractivity contribution in [1.29, 1.82) is 0 Å². The van der Waals surface area contributed by atoms with Gasteiger partial charge in [-0.05, 0) is 36.4 Å². The van der Waals surface area contributed by atoms with Gasteiger partial charge in [0.25, 0.3) is 11.8 Å². The third kappa shape index (κ3) is 4.62. The van der Waals surface area contributed by atoms with Crippen molar-refractivity contribution in [3.63, 3.8) is 0 Å². The zero-order valence-electron chi connectivity index (χ0n) is 14.4. The SMILES string of the molecule is COc1cccc(NC(=O)c2ccccc2NC(=O)c2ccnc(Cl)c2)c1. The summed E-state index contributed by atoms with van der Waals surface area (Å²) in [5.41, 5.74) is 1.64. The topological polar surface area (TPSA) is 80.3 Å². The molecule has 3 aromatic rings. The average molecular weight is 382 g/mol. The number of hydrogen-bond donors (Lipinski definition) is 2. The smallest absolute Gasteiger partial charge is 0.257 e. The van der Waals surface area contributed by atoms with E-state index >= 15 is 0 Å². The Morgan fingerprint density at radius 2 is 1.78 bits per heavy atom. The number of rotatable bonds is 5. The zero-order valence-corrected chi connectivity index (χ0v) is 15.2. The number of carbonyl (C=O) groups excluding carboxylic acids is 2. The van der Waals surface area contributed by atoms with Gasteiger partial charge in [0.1, 0.15) is 10.9 Å². The molecular formula is C20H16ClN3O3. The third-order valence-corrected chi connectivity index (χ3v) is 3.94. The maximum atomic E-state index is 12.7. The molecule has 0 spiro atoms. The number of anilines is 2. The van der Waals surface area contributed by atoms with Gasteiger partial charge in [-0.1, -0.05) is 29.8 Å². The average Bonchev–Trinajstić information content (AvgIpc) is 2.68. The highest BCUT2D eigenvalue weighted by Gasteiger charge is 2.15. The maximum absolute atomic E-state index is 12.7. The van der Waals surface area contributed by atoms with E-state index in [1.165, 1.54) is 12.3 Å². The Morgan fingerprint density at radius 1 is 0.963 bits per heavy atom. The van der Waals surface area contributed by atoms with Crippen LogP contribution < -0.4 is 15.4 Å². The van der Waals surface area contributed by atoms with Crippen molar-refractivity contribution in [1.82, 2.24) is 4.98 Å². The number of benzene rings is 2. The van der Waals surface area contributed by atoms with Crippen molar-refractivity contribution >= 4 is 34.8 Å². The number of aromatic nitrogens is 1. The molecule has 0 aliphatic carbocycles. The standard InChI is InChI=1S/C20H16ClN3O3/c1-27-15-6-4-5-14(12-15)23-20(26)16-7-2-3-8-17(16)24-19(25)13-9-10-22-18(21)11-13/h2-12H,1H3,(H,23,26)(H,24,25). The fourth-order valence-electron chi connectivity index (χ4n) is 2.43. The van der Waals surface area contributed by atoms with Crippen LogP contribution in [-0.4, -0.2) is 23.9 Å². The molecule has 6 nitrogen and oxygen atoms in total. The molecule has 7 heteroatoms. The number of carbonyl (C=O) groups is 2. The van der Waals surface area contributed by atoms with Crippen LogP contribution in [0.15, 0.2) is 66.9 Å². The van der Waals surface area contributed by atoms with Crippen molar-refractivity contribution < 1.29 is 14.3 Å². The molecule has 27 heavy (non-hydrogen) atoms. The van der Waals surface area contributed by atoms with Gasteiger partial charge in [-0.15, -0.1) is 0 Å². The number of nitrogens with one attached hydrogen (secondary N) is 2. The van der Waals surface area contributed by atoms with E-state index in [0.717, 1.165) is 0 Å². The largest absolute Gasteiger partial charge is 0.497 e. The molecule has 0 saturated heterocycles. The number of nitrogens with zero attached hydrogens (tertiary/aromatic N) is 1. The van der Waals surface area contributed by atoms with Gasteiger partial charge >= 0.3 is 0 Å². The summed E-state index contributed by atoms with van der Waals surface area (Å²) in [6.45, 7) is 0. The monoisotopic (exact) mass is 381 g/mol. The van der Waals surface area contributed by atoms with Crippen molar-refractivity contribution in [3.05, 3.63) is 83.1 Å². The molecule has 1 aromatic heterocycles.